The van der Waals surface area contributed by atoms with Crippen molar-refractivity contribution in [2.75, 3.05) is 0 Å². The summed E-state index contributed by atoms with van der Waals surface area (Å²) in [6, 6.07) is 8.05. The summed E-state index contributed by atoms with van der Waals surface area (Å²) in [7, 11) is 0. The highest BCUT2D eigenvalue weighted by molar-refractivity contribution is 9.10. The first-order valence-corrected chi connectivity index (χ1v) is 8.27. The van der Waals surface area contributed by atoms with Crippen LogP contribution in [0, 0.1) is 0 Å². The number of hydrogen-bond donors (Lipinski definition) is 1. The molecule has 2 aliphatic rings. The zero-order chi connectivity index (χ0) is 13.3. The number of carbonyl (C=O) groups is 1. The topological polar surface area (TPSA) is 29.1 Å². The third-order valence-electron chi connectivity index (χ3n) is 3.70. The maximum atomic E-state index is 12.1. The molecule has 1 heterocycles. The molecule has 0 aromatic heterocycles. The van der Waals surface area contributed by atoms with Crippen LogP contribution >= 0.6 is 27.7 Å². The Hall–Kier alpha value is -0.740. The third-order valence-corrected chi connectivity index (χ3v) is 5.65. The Balaban J connectivity index is 1.81. The van der Waals surface area contributed by atoms with E-state index in [0.29, 0.717) is 0 Å². The molecular formula is C15H16BrNOS. The standard InChI is InChI=1S/C15H16BrNOS/c16-12-6-4-11(5-7-12)10-13-14(18)17-15(19-13)8-2-1-3-9-15/h4-7,10H,1-3,8-9H2,(H,17,18)/b13-10+. The molecule has 1 saturated carbocycles. The summed E-state index contributed by atoms with van der Waals surface area (Å²) in [6.45, 7) is 0. The van der Waals surface area contributed by atoms with E-state index in [0.717, 1.165) is 27.8 Å². The monoisotopic (exact) mass is 337 g/mol. The molecule has 1 saturated heterocycles. The summed E-state index contributed by atoms with van der Waals surface area (Å²) in [5.41, 5.74) is 1.08. The molecule has 0 radical (unpaired) electrons. The number of hydrogen-bond acceptors (Lipinski definition) is 2. The molecule has 1 spiro atoms. The number of halogens is 1. The first-order chi connectivity index (χ1) is 9.17. The van der Waals surface area contributed by atoms with Gasteiger partial charge in [0.1, 0.15) is 0 Å². The smallest absolute Gasteiger partial charge is 0.258 e. The van der Waals surface area contributed by atoms with Crippen LogP contribution in [-0.4, -0.2) is 10.8 Å². The Kier molecular flexibility index (Phi) is 3.72. The number of rotatable bonds is 1. The minimum absolute atomic E-state index is 0.0173. The molecule has 2 nitrogen and oxygen atoms in total. The summed E-state index contributed by atoms with van der Waals surface area (Å²) in [5, 5.41) is 3.20. The summed E-state index contributed by atoms with van der Waals surface area (Å²) in [6.07, 6.45) is 7.93. The van der Waals surface area contributed by atoms with Gasteiger partial charge in [-0.15, -0.1) is 0 Å². The molecule has 0 atom stereocenters. The van der Waals surface area contributed by atoms with Crippen molar-refractivity contribution in [3.05, 3.63) is 39.2 Å². The van der Waals surface area contributed by atoms with Crippen LogP contribution in [0.3, 0.4) is 0 Å². The van der Waals surface area contributed by atoms with Crippen molar-refractivity contribution in [1.82, 2.24) is 5.32 Å². The first-order valence-electron chi connectivity index (χ1n) is 6.66. The van der Waals surface area contributed by atoms with Crippen molar-refractivity contribution in [3.8, 4) is 0 Å². The average molecular weight is 338 g/mol. The Morgan fingerprint density at radius 2 is 1.84 bits per heavy atom. The zero-order valence-electron chi connectivity index (χ0n) is 10.6. The maximum absolute atomic E-state index is 12.1. The summed E-state index contributed by atoms with van der Waals surface area (Å²) >= 11 is 5.15. The van der Waals surface area contributed by atoms with Crippen LogP contribution in [-0.2, 0) is 4.79 Å². The summed E-state index contributed by atoms with van der Waals surface area (Å²) in [5.74, 6) is 0.0924. The van der Waals surface area contributed by atoms with Gasteiger partial charge in [0.2, 0.25) is 0 Å². The lowest BCUT2D eigenvalue weighted by Crippen LogP contribution is -2.40. The molecule has 100 valence electrons. The summed E-state index contributed by atoms with van der Waals surface area (Å²) in [4.78, 5) is 12.9. The second-order valence-electron chi connectivity index (χ2n) is 5.17. The van der Waals surface area contributed by atoms with E-state index in [1.807, 2.05) is 30.3 Å². The fourth-order valence-electron chi connectivity index (χ4n) is 2.71. The van der Waals surface area contributed by atoms with Crippen LogP contribution in [0.2, 0.25) is 0 Å². The lowest BCUT2D eigenvalue weighted by Gasteiger charge is -2.31. The largest absolute Gasteiger partial charge is 0.337 e. The quantitative estimate of drug-likeness (QED) is 0.773. The van der Waals surface area contributed by atoms with Crippen LogP contribution < -0.4 is 5.32 Å². The predicted molar refractivity (Wildman–Crippen MR) is 83.7 cm³/mol. The number of benzene rings is 1. The molecule has 1 aromatic rings. The SMILES string of the molecule is O=C1NC2(CCCCC2)S/C1=C/c1ccc(Br)cc1. The fraction of sp³-hybridized carbons (Fsp3) is 0.400. The molecular weight excluding hydrogens is 322 g/mol. The van der Waals surface area contributed by atoms with E-state index in [4.69, 9.17) is 0 Å². The van der Waals surface area contributed by atoms with Crippen LogP contribution in [0.1, 0.15) is 37.7 Å². The minimum atomic E-state index is -0.0173. The summed E-state index contributed by atoms with van der Waals surface area (Å²) < 4.78 is 1.06. The van der Waals surface area contributed by atoms with Crippen molar-refractivity contribution < 1.29 is 4.79 Å². The molecule has 2 fully saturated rings. The van der Waals surface area contributed by atoms with Crippen molar-refractivity contribution in [1.29, 1.82) is 0 Å². The fourth-order valence-corrected chi connectivity index (χ4v) is 4.37. The van der Waals surface area contributed by atoms with Gasteiger partial charge in [-0.3, -0.25) is 4.79 Å². The van der Waals surface area contributed by atoms with Gasteiger partial charge in [-0.25, -0.2) is 0 Å². The van der Waals surface area contributed by atoms with Crippen molar-refractivity contribution in [3.63, 3.8) is 0 Å². The number of thioether (sulfide) groups is 1. The third kappa shape index (κ3) is 2.90. The number of amides is 1. The van der Waals surface area contributed by atoms with E-state index in [1.165, 1.54) is 19.3 Å². The van der Waals surface area contributed by atoms with Gasteiger partial charge in [-0.2, -0.15) is 0 Å². The molecule has 1 aliphatic carbocycles. The lowest BCUT2D eigenvalue weighted by atomic mass is 9.95. The van der Waals surface area contributed by atoms with E-state index in [2.05, 4.69) is 21.2 Å². The van der Waals surface area contributed by atoms with Crippen molar-refractivity contribution in [2.45, 2.75) is 37.0 Å². The number of nitrogens with one attached hydrogen (secondary N) is 1. The van der Waals surface area contributed by atoms with Gasteiger partial charge < -0.3 is 5.32 Å². The Morgan fingerprint density at radius 1 is 1.16 bits per heavy atom. The molecule has 1 amide bonds. The lowest BCUT2D eigenvalue weighted by molar-refractivity contribution is -0.117. The molecule has 4 heteroatoms. The first kappa shape index (κ1) is 13.3. The predicted octanol–water partition coefficient (Wildman–Crippen LogP) is 4.31. The zero-order valence-corrected chi connectivity index (χ0v) is 13.0. The van der Waals surface area contributed by atoms with Gasteiger partial charge in [0.05, 0.1) is 9.78 Å². The molecule has 1 N–H and O–H groups in total. The van der Waals surface area contributed by atoms with Gasteiger partial charge in [0.15, 0.2) is 0 Å². The van der Waals surface area contributed by atoms with Gasteiger partial charge in [0.25, 0.3) is 5.91 Å². The van der Waals surface area contributed by atoms with E-state index in [-0.39, 0.29) is 10.8 Å². The highest BCUT2D eigenvalue weighted by Crippen LogP contribution is 2.46. The minimum Gasteiger partial charge on any atom is -0.337 e. The maximum Gasteiger partial charge on any atom is 0.258 e. The van der Waals surface area contributed by atoms with Gasteiger partial charge in [0, 0.05) is 4.47 Å². The second-order valence-corrected chi connectivity index (χ2v) is 7.51. The molecule has 3 rings (SSSR count). The van der Waals surface area contributed by atoms with E-state index in [9.17, 15) is 4.79 Å². The van der Waals surface area contributed by atoms with Crippen molar-refractivity contribution in [2.24, 2.45) is 0 Å². The van der Waals surface area contributed by atoms with Crippen LogP contribution in [0.25, 0.3) is 6.08 Å². The molecule has 19 heavy (non-hydrogen) atoms. The van der Waals surface area contributed by atoms with Crippen LogP contribution in [0.15, 0.2) is 33.6 Å². The molecule has 0 bridgehead atoms. The molecule has 1 aliphatic heterocycles. The van der Waals surface area contributed by atoms with E-state index < -0.39 is 0 Å². The normalized spacial score (nSPS) is 23.8. The van der Waals surface area contributed by atoms with Crippen molar-refractivity contribution >= 4 is 39.7 Å². The Labute approximate surface area is 126 Å². The second kappa shape index (κ2) is 5.33. The van der Waals surface area contributed by atoms with E-state index >= 15 is 0 Å². The highest BCUT2D eigenvalue weighted by Gasteiger charge is 2.42. The molecule has 1 aromatic carbocycles. The van der Waals surface area contributed by atoms with Crippen LogP contribution in [0.5, 0.6) is 0 Å². The Morgan fingerprint density at radius 3 is 2.53 bits per heavy atom. The highest BCUT2D eigenvalue weighted by atomic mass is 79.9. The average Bonchev–Trinajstić information content (AvgIpc) is 2.69. The Bertz CT molecular complexity index is 517. The van der Waals surface area contributed by atoms with Gasteiger partial charge in [-0.05, 0) is 36.6 Å². The van der Waals surface area contributed by atoms with Gasteiger partial charge in [-0.1, -0.05) is 59.1 Å². The van der Waals surface area contributed by atoms with Crippen LogP contribution in [0.4, 0.5) is 0 Å². The molecule has 0 unspecified atom stereocenters. The van der Waals surface area contributed by atoms with E-state index in [1.54, 1.807) is 11.8 Å². The van der Waals surface area contributed by atoms with Gasteiger partial charge >= 0.3 is 0 Å². The number of carbonyl (C=O) groups excluding carboxylic acids is 1.